The van der Waals surface area contributed by atoms with E-state index in [1.807, 2.05) is 0 Å². The van der Waals surface area contributed by atoms with E-state index in [2.05, 4.69) is 182 Å². The molecule has 1 aliphatic carbocycles. The van der Waals surface area contributed by atoms with Gasteiger partial charge in [0.2, 0.25) is 0 Å². The van der Waals surface area contributed by atoms with E-state index in [4.69, 9.17) is 0 Å². The average molecular weight is 627 g/mol. The highest BCUT2D eigenvalue weighted by molar-refractivity contribution is 7.80. The van der Waals surface area contributed by atoms with Gasteiger partial charge in [-0.2, -0.15) is 0 Å². The molecule has 2 atom stereocenters. The summed E-state index contributed by atoms with van der Waals surface area (Å²) in [5.41, 5.74) is 4.98. The first-order valence-corrected chi connectivity index (χ1v) is 19.0. The van der Waals surface area contributed by atoms with Crippen molar-refractivity contribution in [3.05, 3.63) is 199 Å². The molecule has 0 N–H and O–H groups in total. The highest BCUT2D eigenvalue weighted by Crippen LogP contribution is 2.55. The topological polar surface area (TPSA) is 0 Å². The van der Waals surface area contributed by atoms with Gasteiger partial charge in [-0.25, -0.2) is 0 Å². The molecule has 1 aliphatic rings. The molecule has 46 heavy (non-hydrogen) atoms. The smallest absolute Gasteiger partial charge is 0.0178 e. The van der Waals surface area contributed by atoms with E-state index in [9.17, 15) is 0 Å². The molecule has 0 aliphatic heterocycles. The van der Waals surface area contributed by atoms with E-state index in [1.54, 1.807) is 0 Å². The molecule has 0 saturated heterocycles. The van der Waals surface area contributed by atoms with E-state index in [1.165, 1.54) is 54.0 Å². The minimum atomic E-state index is -0.794. The molecule has 0 nitrogen and oxygen atoms in total. The zero-order valence-corrected chi connectivity index (χ0v) is 27.6. The second-order valence-corrected chi connectivity index (χ2v) is 16.7. The monoisotopic (exact) mass is 626 g/mol. The molecular weight excluding hydrogens is 590 g/mol. The second kappa shape index (κ2) is 13.2. The highest BCUT2D eigenvalue weighted by atomic mass is 31.1. The number of aryl methyl sites for hydroxylation is 1. The molecule has 0 aromatic heterocycles. The molecule has 8 rings (SSSR count). The van der Waals surface area contributed by atoms with Gasteiger partial charge in [-0.3, -0.25) is 0 Å². The summed E-state index contributed by atoms with van der Waals surface area (Å²) in [4.78, 5) is 0. The normalized spacial score (nSPS) is 16.0. The lowest BCUT2D eigenvalue weighted by Gasteiger charge is -2.41. The van der Waals surface area contributed by atoms with Gasteiger partial charge in [0.15, 0.2) is 0 Å². The molecule has 0 unspecified atom stereocenters. The lowest BCUT2D eigenvalue weighted by atomic mass is 9.77. The third-order valence-electron chi connectivity index (χ3n) is 9.41. The van der Waals surface area contributed by atoms with E-state index < -0.39 is 15.8 Å². The van der Waals surface area contributed by atoms with E-state index >= 15 is 0 Å². The van der Waals surface area contributed by atoms with E-state index in [0.29, 0.717) is 5.66 Å². The predicted octanol–water partition coefficient (Wildman–Crippen LogP) is 9.18. The Bertz CT molecular complexity index is 1980. The molecule has 7 aromatic carbocycles. The van der Waals surface area contributed by atoms with Crippen molar-refractivity contribution in [2.24, 2.45) is 0 Å². The van der Waals surface area contributed by atoms with Crippen LogP contribution in [0.25, 0.3) is 10.8 Å². The SMILES string of the molecule is c1ccc(P(c2ccccc2)c2ccc3ccccc3c2[C@H]2c3ccccc3CC[C@H]2P(c2ccccc2)c2ccccc2)cc1. The van der Waals surface area contributed by atoms with Crippen LogP contribution in [-0.4, -0.2) is 5.66 Å². The lowest BCUT2D eigenvalue weighted by Crippen LogP contribution is -2.35. The summed E-state index contributed by atoms with van der Waals surface area (Å²) in [5.74, 6) is 0.259. The standard InChI is InChI=1S/C44H36P2/c1-5-19-35(20-6-1)45(36-21-7-2-8-22-36)41-31-29-33-17-13-15-27-39(33)43(41)44-40-28-16-14-18-34(40)30-32-42(44)46(37-23-9-3-10-24-37)38-25-11-4-12-26-38/h1-29,31,42,44H,30,32H2/t42-,44+/m1/s1. The quantitative estimate of drug-likeness (QED) is 0.155. The molecule has 0 saturated carbocycles. The molecule has 0 heterocycles. The first-order valence-electron chi connectivity index (χ1n) is 16.3. The van der Waals surface area contributed by atoms with Crippen molar-refractivity contribution >= 4 is 53.1 Å². The largest absolute Gasteiger partial charge is 0.0622 e. The van der Waals surface area contributed by atoms with Crippen molar-refractivity contribution < 1.29 is 0 Å². The van der Waals surface area contributed by atoms with Crippen molar-refractivity contribution in [3.63, 3.8) is 0 Å². The van der Waals surface area contributed by atoms with Gasteiger partial charge in [0.05, 0.1) is 0 Å². The van der Waals surface area contributed by atoms with Crippen LogP contribution in [0.5, 0.6) is 0 Å². The summed E-state index contributed by atoms with van der Waals surface area (Å²) >= 11 is 0. The fourth-order valence-corrected chi connectivity index (χ4v) is 13.0. The van der Waals surface area contributed by atoms with Gasteiger partial charge in [-0.15, -0.1) is 0 Å². The Morgan fingerprint density at radius 3 is 1.54 bits per heavy atom. The molecule has 0 spiro atoms. The van der Waals surface area contributed by atoms with Crippen LogP contribution in [0.4, 0.5) is 0 Å². The molecule has 7 aromatic rings. The Morgan fingerprint density at radius 2 is 0.935 bits per heavy atom. The maximum absolute atomic E-state index is 2.48. The zero-order chi connectivity index (χ0) is 30.7. The molecule has 2 heteroatoms. The van der Waals surface area contributed by atoms with Gasteiger partial charge in [0.1, 0.15) is 0 Å². The molecular formula is C44H36P2. The summed E-state index contributed by atoms with van der Waals surface area (Å²) in [6.45, 7) is 0. The maximum atomic E-state index is 2.48. The van der Waals surface area contributed by atoms with Crippen molar-refractivity contribution in [3.8, 4) is 0 Å². The average Bonchev–Trinajstić information content (AvgIpc) is 3.14. The Kier molecular flexibility index (Phi) is 8.33. The van der Waals surface area contributed by atoms with E-state index in [-0.39, 0.29) is 5.92 Å². The second-order valence-electron chi connectivity index (χ2n) is 12.0. The van der Waals surface area contributed by atoms with Gasteiger partial charge in [-0.1, -0.05) is 182 Å². The third kappa shape index (κ3) is 5.52. The van der Waals surface area contributed by atoms with Crippen LogP contribution in [0.3, 0.4) is 0 Å². The number of rotatable bonds is 7. The number of hydrogen-bond acceptors (Lipinski definition) is 0. The molecule has 0 bridgehead atoms. The van der Waals surface area contributed by atoms with Crippen LogP contribution in [0, 0.1) is 0 Å². The van der Waals surface area contributed by atoms with Crippen LogP contribution in [0.2, 0.25) is 0 Å². The Labute approximate surface area is 275 Å². The van der Waals surface area contributed by atoms with Crippen molar-refractivity contribution in [1.29, 1.82) is 0 Å². The third-order valence-corrected chi connectivity index (χ3v) is 14.8. The summed E-state index contributed by atoms with van der Waals surface area (Å²) in [5, 5.41) is 9.92. The minimum absolute atomic E-state index is 0.259. The molecule has 0 fully saturated rings. The fourth-order valence-electron chi connectivity index (χ4n) is 7.47. The summed E-state index contributed by atoms with van der Waals surface area (Å²) in [7, 11) is -1.44. The maximum Gasteiger partial charge on any atom is 0.0178 e. The van der Waals surface area contributed by atoms with Crippen LogP contribution in [-0.2, 0) is 6.42 Å². The number of hydrogen-bond donors (Lipinski definition) is 0. The highest BCUT2D eigenvalue weighted by Gasteiger charge is 2.40. The zero-order valence-electron chi connectivity index (χ0n) is 25.8. The molecule has 0 radical (unpaired) electrons. The summed E-state index contributed by atoms with van der Waals surface area (Å²) in [6, 6.07) is 68.5. The van der Waals surface area contributed by atoms with Gasteiger partial charge in [0, 0.05) is 5.92 Å². The molecule has 0 amide bonds. The Morgan fingerprint density at radius 1 is 0.435 bits per heavy atom. The van der Waals surface area contributed by atoms with Crippen molar-refractivity contribution in [2.75, 3.05) is 0 Å². The first kappa shape index (κ1) is 29.1. The Balaban J connectivity index is 1.44. The van der Waals surface area contributed by atoms with Gasteiger partial charge in [-0.05, 0) is 88.3 Å². The predicted molar refractivity (Wildman–Crippen MR) is 202 cm³/mol. The van der Waals surface area contributed by atoms with Crippen LogP contribution >= 0.6 is 15.8 Å². The van der Waals surface area contributed by atoms with Gasteiger partial charge < -0.3 is 0 Å². The van der Waals surface area contributed by atoms with Crippen molar-refractivity contribution in [1.82, 2.24) is 0 Å². The fraction of sp³-hybridized carbons (Fsp3) is 0.0909. The lowest BCUT2D eigenvalue weighted by molar-refractivity contribution is 0.633. The van der Waals surface area contributed by atoms with Gasteiger partial charge >= 0.3 is 0 Å². The van der Waals surface area contributed by atoms with Crippen LogP contribution in [0.15, 0.2) is 182 Å². The number of fused-ring (bicyclic) bond motifs is 2. The van der Waals surface area contributed by atoms with Crippen LogP contribution in [0.1, 0.15) is 29.0 Å². The van der Waals surface area contributed by atoms with Gasteiger partial charge in [0.25, 0.3) is 0 Å². The number of benzene rings is 7. The summed E-state index contributed by atoms with van der Waals surface area (Å²) in [6.07, 6.45) is 2.27. The molecule has 222 valence electrons. The van der Waals surface area contributed by atoms with Crippen molar-refractivity contribution in [2.45, 2.75) is 24.4 Å². The summed E-state index contributed by atoms with van der Waals surface area (Å²) < 4.78 is 0. The van der Waals surface area contributed by atoms with E-state index in [0.717, 1.165) is 12.8 Å². The van der Waals surface area contributed by atoms with Crippen LogP contribution < -0.4 is 26.5 Å². The first-order chi connectivity index (χ1) is 22.9. The Hall–Kier alpha value is -4.34. The minimum Gasteiger partial charge on any atom is -0.0622 e.